The fourth-order valence-corrected chi connectivity index (χ4v) is 2.80. The third-order valence-electron chi connectivity index (χ3n) is 3.19. The molecule has 2 aromatic heterocycles. The van der Waals surface area contributed by atoms with Gasteiger partial charge in [-0.3, -0.25) is 9.98 Å². The molecule has 0 unspecified atom stereocenters. The number of nitrogens with one attached hydrogen (secondary N) is 2. The number of hydrogen-bond acceptors (Lipinski definition) is 4. The van der Waals surface area contributed by atoms with Crippen LogP contribution in [-0.4, -0.2) is 29.5 Å². The Hall–Kier alpha value is -1.95. The lowest BCUT2D eigenvalue weighted by molar-refractivity contribution is 0.772. The Morgan fingerprint density at radius 2 is 2.18 bits per heavy atom. The Morgan fingerprint density at radius 1 is 1.32 bits per heavy atom. The van der Waals surface area contributed by atoms with Crippen LogP contribution in [0.4, 0.5) is 0 Å². The number of aromatic nitrogens is 2. The molecule has 2 N–H and O–H groups in total. The number of guanidine groups is 1. The molecular formula is C16H23N5S. The van der Waals surface area contributed by atoms with Gasteiger partial charge in [-0.1, -0.05) is 19.9 Å². The summed E-state index contributed by atoms with van der Waals surface area (Å²) in [7, 11) is 1.78. The highest BCUT2D eigenvalue weighted by Crippen LogP contribution is 2.17. The highest BCUT2D eigenvalue weighted by Gasteiger charge is 2.06. The van der Waals surface area contributed by atoms with Crippen LogP contribution in [0.3, 0.4) is 0 Å². The Kier molecular flexibility index (Phi) is 6.33. The second-order valence-electron chi connectivity index (χ2n) is 5.24. The largest absolute Gasteiger partial charge is 0.356 e. The van der Waals surface area contributed by atoms with Crippen molar-refractivity contribution in [1.82, 2.24) is 20.6 Å². The van der Waals surface area contributed by atoms with E-state index in [1.165, 1.54) is 0 Å². The van der Waals surface area contributed by atoms with Crippen LogP contribution in [0, 0.1) is 0 Å². The Morgan fingerprint density at radius 3 is 2.82 bits per heavy atom. The van der Waals surface area contributed by atoms with Gasteiger partial charge >= 0.3 is 0 Å². The highest BCUT2D eigenvalue weighted by atomic mass is 32.1. The SMILES string of the molecule is CN=C(NCCc1ccccn1)NCc1nc(C(C)C)cs1. The third-order valence-corrected chi connectivity index (χ3v) is 4.06. The van der Waals surface area contributed by atoms with Crippen LogP contribution in [0.1, 0.15) is 36.2 Å². The van der Waals surface area contributed by atoms with Crippen molar-refractivity contribution in [3.8, 4) is 0 Å². The van der Waals surface area contributed by atoms with Crippen molar-refractivity contribution in [3.63, 3.8) is 0 Å². The van der Waals surface area contributed by atoms with Gasteiger partial charge in [0.15, 0.2) is 5.96 Å². The van der Waals surface area contributed by atoms with E-state index in [1.807, 2.05) is 24.4 Å². The molecule has 0 spiro atoms. The van der Waals surface area contributed by atoms with E-state index in [9.17, 15) is 0 Å². The molecule has 0 atom stereocenters. The van der Waals surface area contributed by atoms with Crippen molar-refractivity contribution in [3.05, 3.63) is 46.2 Å². The topological polar surface area (TPSA) is 62.2 Å². The Labute approximate surface area is 135 Å². The fourth-order valence-electron chi connectivity index (χ4n) is 1.91. The van der Waals surface area contributed by atoms with Crippen molar-refractivity contribution in [2.75, 3.05) is 13.6 Å². The minimum absolute atomic E-state index is 0.473. The average molecular weight is 317 g/mol. The van der Waals surface area contributed by atoms with Gasteiger partial charge in [0.25, 0.3) is 0 Å². The summed E-state index contributed by atoms with van der Waals surface area (Å²) >= 11 is 1.68. The maximum absolute atomic E-state index is 4.61. The number of nitrogens with zero attached hydrogens (tertiary/aromatic N) is 3. The van der Waals surface area contributed by atoms with E-state index < -0.39 is 0 Å². The summed E-state index contributed by atoms with van der Waals surface area (Å²) in [4.78, 5) is 13.1. The van der Waals surface area contributed by atoms with Crippen molar-refractivity contribution in [2.45, 2.75) is 32.7 Å². The molecule has 2 heterocycles. The number of aliphatic imine (C=N–C) groups is 1. The summed E-state index contributed by atoms with van der Waals surface area (Å²) in [6, 6.07) is 5.96. The van der Waals surface area contributed by atoms with Gasteiger partial charge in [-0.05, 0) is 18.1 Å². The summed E-state index contributed by atoms with van der Waals surface area (Å²) in [5.74, 6) is 1.26. The van der Waals surface area contributed by atoms with Gasteiger partial charge < -0.3 is 10.6 Å². The van der Waals surface area contributed by atoms with Gasteiger partial charge in [0.2, 0.25) is 0 Å². The number of pyridine rings is 1. The smallest absolute Gasteiger partial charge is 0.191 e. The molecule has 22 heavy (non-hydrogen) atoms. The molecule has 0 saturated heterocycles. The normalized spacial score (nSPS) is 11.7. The molecule has 0 saturated carbocycles. The standard InChI is InChI=1S/C16H23N5S/c1-12(2)14-11-22-15(21-14)10-20-16(17-3)19-9-7-13-6-4-5-8-18-13/h4-6,8,11-12H,7,9-10H2,1-3H3,(H2,17,19,20). The lowest BCUT2D eigenvalue weighted by Gasteiger charge is -2.10. The first-order chi connectivity index (χ1) is 10.7. The first kappa shape index (κ1) is 16.4. The highest BCUT2D eigenvalue weighted by molar-refractivity contribution is 7.09. The van der Waals surface area contributed by atoms with Gasteiger partial charge in [0.05, 0.1) is 12.2 Å². The summed E-state index contributed by atoms with van der Waals surface area (Å²) in [6.45, 7) is 5.81. The molecule has 0 aliphatic rings. The van der Waals surface area contributed by atoms with Crippen LogP contribution < -0.4 is 10.6 Å². The molecule has 0 aliphatic carbocycles. The van der Waals surface area contributed by atoms with Crippen LogP contribution in [0.15, 0.2) is 34.8 Å². The van der Waals surface area contributed by atoms with Crippen LogP contribution in [0.2, 0.25) is 0 Å². The van der Waals surface area contributed by atoms with Crippen molar-refractivity contribution in [1.29, 1.82) is 0 Å². The van der Waals surface area contributed by atoms with E-state index in [1.54, 1.807) is 18.4 Å². The zero-order chi connectivity index (χ0) is 15.8. The second kappa shape index (κ2) is 8.48. The van der Waals surface area contributed by atoms with E-state index >= 15 is 0 Å². The van der Waals surface area contributed by atoms with Gasteiger partial charge in [-0.2, -0.15) is 0 Å². The van der Waals surface area contributed by atoms with Crippen molar-refractivity contribution < 1.29 is 0 Å². The lowest BCUT2D eigenvalue weighted by Crippen LogP contribution is -2.37. The van der Waals surface area contributed by atoms with E-state index in [2.05, 4.69) is 44.8 Å². The Balaban J connectivity index is 1.75. The van der Waals surface area contributed by atoms with E-state index in [-0.39, 0.29) is 0 Å². The van der Waals surface area contributed by atoms with E-state index in [4.69, 9.17) is 0 Å². The summed E-state index contributed by atoms with van der Waals surface area (Å²) in [6.07, 6.45) is 2.69. The minimum atomic E-state index is 0.473. The van der Waals surface area contributed by atoms with Gasteiger partial charge in [0.1, 0.15) is 5.01 Å². The van der Waals surface area contributed by atoms with Crippen LogP contribution in [0.5, 0.6) is 0 Å². The summed E-state index contributed by atoms with van der Waals surface area (Å²) < 4.78 is 0. The number of thiazole rings is 1. The lowest BCUT2D eigenvalue weighted by atomic mass is 10.2. The zero-order valence-electron chi connectivity index (χ0n) is 13.3. The molecule has 2 rings (SSSR count). The molecular weight excluding hydrogens is 294 g/mol. The molecule has 118 valence electrons. The third kappa shape index (κ3) is 5.11. The van der Waals surface area contributed by atoms with Crippen LogP contribution >= 0.6 is 11.3 Å². The van der Waals surface area contributed by atoms with Gasteiger partial charge in [-0.15, -0.1) is 11.3 Å². The quantitative estimate of drug-likeness (QED) is 0.635. The van der Waals surface area contributed by atoms with E-state index in [0.717, 1.165) is 35.3 Å². The summed E-state index contributed by atoms with van der Waals surface area (Å²) in [5, 5.41) is 9.79. The monoisotopic (exact) mass is 317 g/mol. The first-order valence-corrected chi connectivity index (χ1v) is 8.35. The molecule has 0 amide bonds. The number of hydrogen-bond donors (Lipinski definition) is 2. The molecule has 5 nitrogen and oxygen atoms in total. The predicted octanol–water partition coefficient (Wildman–Crippen LogP) is 2.57. The molecule has 0 fully saturated rings. The molecule has 6 heteroatoms. The Bertz CT molecular complexity index is 592. The zero-order valence-corrected chi connectivity index (χ0v) is 14.2. The molecule has 0 radical (unpaired) electrons. The predicted molar refractivity (Wildman–Crippen MR) is 92.3 cm³/mol. The maximum Gasteiger partial charge on any atom is 0.191 e. The average Bonchev–Trinajstić information content (AvgIpc) is 3.01. The first-order valence-electron chi connectivity index (χ1n) is 7.47. The van der Waals surface area contributed by atoms with Crippen molar-refractivity contribution >= 4 is 17.3 Å². The molecule has 0 aromatic carbocycles. The number of rotatable bonds is 6. The molecule has 2 aromatic rings. The van der Waals surface area contributed by atoms with Gasteiger partial charge in [-0.25, -0.2) is 4.98 Å². The van der Waals surface area contributed by atoms with E-state index in [0.29, 0.717) is 12.5 Å². The van der Waals surface area contributed by atoms with Crippen LogP contribution in [0.25, 0.3) is 0 Å². The van der Waals surface area contributed by atoms with Crippen LogP contribution in [-0.2, 0) is 13.0 Å². The maximum atomic E-state index is 4.61. The summed E-state index contributed by atoms with van der Waals surface area (Å²) in [5.41, 5.74) is 2.23. The fraction of sp³-hybridized carbons (Fsp3) is 0.438. The van der Waals surface area contributed by atoms with Crippen molar-refractivity contribution in [2.24, 2.45) is 4.99 Å². The molecule has 0 bridgehead atoms. The minimum Gasteiger partial charge on any atom is -0.356 e. The molecule has 0 aliphatic heterocycles. The van der Waals surface area contributed by atoms with Gasteiger partial charge in [0, 0.05) is 37.3 Å². The second-order valence-corrected chi connectivity index (χ2v) is 6.19.